The molecule has 0 unspecified atom stereocenters. The van der Waals surface area contributed by atoms with Crippen LogP contribution in [-0.4, -0.2) is 27.1 Å². The number of rotatable bonds is 6. The van der Waals surface area contributed by atoms with Crippen molar-refractivity contribution in [2.24, 2.45) is 0 Å². The van der Waals surface area contributed by atoms with Crippen LogP contribution in [0, 0.1) is 0 Å². The summed E-state index contributed by atoms with van der Waals surface area (Å²) < 4.78 is 7.26. The lowest BCUT2D eigenvalue weighted by Crippen LogP contribution is -2.32. The predicted molar refractivity (Wildman–Crippen MR) is 117 cm³/mol. The van der Waals surface area contributed by atoms with Crippen LogP contribution in [0.3, 0.4) is 0 Å². The maximum Gasteiger partial charge on any atom is 0.147 e. The fourth-order valence-corrected chi connectivity index (χ4v) is 5.15. The SMILES string of the molecule is CCCCCNc1ncnc2c1sc1nc(C(C)C)c3c(c12)CC(C)(C)OC3. The standard InChI is InChI=1S/C22H30N4OS/c1-6-7-8-9-23-20-19-18(24-12-25-20)16-14-10-22(4,5)27-11-15(14)17(13(2)3)26-21(16)28-19/h12-13H,6-11H2,1-5H3,(H,23,24,25). The van der Waals surface area contributed by atoms with E-state index >= 15 is 0 Å². The van der Waals surface area contributed by atoms with Gasteiger partial charge in [-0.05, 0) is 31.7 Å². The van der Waals surface area contributed by atoms with Crippen LogP contribution in [0.15, 0.2) is 6.33 Å². The van der Waals surface area contributed by atoms with Gasteiger partial charge in [-0.15, -0.1) is 11.3 Å². The van der Waals surface area contributed by atoms with E-state index in [9.17, 15) is 0 Å². The molecule has 1 aliphatic heterocycles. The van der Waals surface area contributed by atoms with E-state index < -0.39 is 0 Å². The number of anilines is 1. The minimum Gasteiger partial charge on any atom is -0.370 e. The van der Waals surface area contributed by atoms with Crippen LogP contribution in [0.4, 0.5) is 5.82 Å². The van der Waals surface area contributed by atoms with Crippen LogP contribution in [0.5, 0.6) is 0 Å². The first-order chi connectivity index (χ1) is 13.4. The lowest BCUT2D eigenvalue weighted by atomic mass is 9.87. The highest BCUT2D eigenvalue weighted by atomic mass is 32.1. The van der Waals surface area contributed by atoms with Gasteiger partial charge in [0, 0.05) is 23.9 Å². The molecule has 0 bridgehead atoms. The summed E-state index contributed by atoms with van der Waals surface area (Å²) in [5, 5.41) is 4.73. The van der Waals surface area contributed by atoms with Crippen molar-refractivity contribution in [3.8, 4) is 0 Å². The number of nitrogens with one attached hydrogen (secondary N) is 1. The smallest absolute Gasteiger partial charge is 0.147 e. The predicted octanol–water partition coefficient (Wildman–Crippen LogP) is 5.82. The Kier molecular flexibility index (Phi) is 5.27. The second-order valence-corrected chi connectivity index (χ2v) is 9.65. The zero-order valence-electron chi connectivity index (χ0n) is 17.6. The van der Waals surface area contributed by atoms with Crippen molar-refractivity contribution in [1.29, 1.82) is 0 Å². The Hall–Kier alpha value is -1.79. The fourth-order valence-electron chi connectivity index (χ4n) is 4.02. The maximum atomic E-state index is 6.14. The first kappa shape index (κ1) is 19.5. The van der Waals surface area contributed by atoms with Crippen LogP contribution >= 0.6 is 11.3 Å². The molecule has 0 fully saturated rings. The third-order valence-corrected chi connectivity index (χ3v) is 6.56. The molecular weight excluding hydrogens is 368 g/mol. The summed E-state index contributed by atoms with van der Waals surface area (Å²) in [6.07, 6.45) is 6.18. The van der Waals surface area contributed by atoms with Crippen molar-refractivity contribution >= 4 is 37.6 Å². The van der Waals surface area contributed by atoms with Gasteiger partial charge in [-0.25, -0.2) is 15.0 Å². The number of thiophene rings is 1. The zero-order chi connectivity index (χ0) is 19.9. The highest BCUT2D eigenvalue weighted by Gasteiger charge is 2.32. The summed E-state index contributed by atoms with van der Waals surface area (Å²) in [6.45, 7) is 12.6. The zero-order valence-corrected chi connectivity index (χ0v) is 18.4. The second kappa shape index (κ2) is 7.56. The number of unbranched alkanes of at least 4 members (excludes halogenated alkanes) is 2. The second-order valence-electron chi connectivity index (χ2n) is 8.65. The Morgan fingerprint density at radius 3 is 2.79 bits per heavy atom. The number of aromatic nitrogens is 3. The van der Waals surface area contributed by atoms with Gasteiger partial charge in [0.25, 0.3) is 0 Å². The highest BCUT2D eigenvalue weighted by Crippen LogP contribution is 2.43. The first-order valence-corrected chi connectivity index (χ1v) is 11.2. The monoisotopic (exact) mass is 398 g/mol. The van der Waals surface area contributed by atoms with E-state index in [1.54, 1.807) is 17.7 Å². The number of nitrogens with zero attached hydrogens (tertiary/aromatic N) is 3. The molecular formula is C22H30N4OS. The molecule has 0 aromatic carbocycles. The molecule has 5 nitrogen and oxygen atoms in total. The van der Waals surface area contributed by atoms with Gasteiger partial charge in [0.2, 0.25) is 0 Å². The van der Waals surface area contributed by atoms with Gasteiger partial charge in [-0.2, -0.15) is 0 Å². The van der Waals surface area contributed by atoms with Crippen LogP contribution in [0.25, 0.3) is 20.4 Å². The molecule has 0 atom stereocenters. The molecule has 4 heterocycles. The summed E-state index contributed by atoms with van der Waals surface area (Å²) in [5.41, 5.74) is 4.65. The van der Waals surface area contributed by atoms with Gasteiger partial charge in [0.05, 0.1) is 28.1 Å². The Morgan fingerprint density at radius 1 is 1.21 bits per heavy atom. The molecule has 4 rings (SSSR count). The molecule has 3 aromatic heterocycles. The van der Waals surface area contributed by atoms with Crippen molar-refractivity contribution < 1.29 is 4.74 Å². The Bertz CT molecular complexity index is 1010. The van der Waals surface area contributed by atoms with Gasteiger partial charge in [0.1, 0.15) is 17.0 Å². The van der Waals surface area contributed by atoms with Crippen LogP contribution in [0.1, 0.15) is 76.6 Å². The van der Waals surface area contributed by atoms with Crippen molar-refractivity contribution in [1.82, 2.24) is 15.0 Å². The van der Waals surface area contributed by atoms with E-state index in [2.05, 4.69) is 49.9 Å². The third-order valence-electron chi connectivity index (χ3n) is 5.48. The molecule has 6 heteroatoms. The van der Waals surface area contributed by atoms with Gasteiger partial charge >= 0.3 is 0 Å². The van der Waals surface area contributed by atoms with E-state index in [4.69, 9.17) is 9.72 Å². The number of hydrogen-bond acceptors (Lipinski definition) is 6. The Labute approximate surface area is 170 Å². The summed E-state index contributed by atoms with van der Waals surface area (Å²) in [5.74, 6) is 1.31. The van der Waals surface area contributed by atoms with Crippen LogP contribution in [0.2, 0.25) is 0 Å². The molecule has 150 valence electrons. The molecule has 1 N–H and O–H groups in total. The fraction of sp³-hybridized carbons (Fsp3) is 0.591. The lowest BCUT2D eigenvalue weighted by Gasteiger charge is -2.33. The van der Waals surface area contributed by atoms with Crippen molar-refractivity contribution in [2.75, 3.05) is 11.9 Å². The van der Waals surface area contributed by atoms with E-state index in [1.165, 1.54) is 29.4 Å². The molecule has 0 saturated heterocycles. The molecule has 28 heavy (non-hydrogen) atoms. The number of pyridine rings is 1. The summed E-state index contributed by atoms with van der Waals surface area (Å²) >= 11 is 1.72. The molecule has 0 radical (unpaired) electrons. The van der Waals surface area contributed by atoms with Crippen LogP contribution in [-0.2, 0) is 17.8 Å². The van der Waals surface area contributed by atoms with E-state index in [-0.39, 0.29) is 5.60 Å². The summed E-state index contributed by atoms with van der Waals surface area (Å²) in [6, 6.07) is 0. The van der Waals surface area contributed by atoms with E-state index in [0.29, 0.717) is 12.5 Å². The van der Waals surface area contributed by atoms with Crippen molar-refractivity contribution in [3.05, 3.63) is 23.1 Å². The molecule has 0 spiro atoms. The summed E-state index contributed by atoms with van der Waals surface area (Å²) in [4.78, 5) is 15.4. The molecule has 0 aliphatic carbocycles. The van der Waals surface area contributed by atoms with Gasteiger partial charge < -0.3 is 10.1 Å². The van der Waals surface area contributed by atoms with Gasteiger partial charge in [-0.3, -0.25) is 0 Å². The third kappa shape index (κ3) is 3.48. The molecule has 0 amide bonds. The number of hydrogen-bond donors (Lipinski definition) is 1. The van der Waals surface area contributed by atoms with E-state index in [1.807, 2.05) is 0 Å². The van der Waals surface area contributed by atoms with Crippen LogP contribution < -0.4 is 5.32 Å². The number of ether oxygens (including phenoxy) is 1. The Balaban J connectivity index is 1.89. The van der Waals surface area contributed by atoms with Gasteiger partial charge in [-0.1, -0.05) is 33.6 Å². The summed E-state index contributed by atoms with van der Waals surface area (Å²) in [7, 11) is 0. The van der Waals surface area contributed by atoms with E-state index in [0.717, 1.165) is 45.9 Å². The molecule has 3 aromatic rings. The molecule has 1 aliphatic rings. The first-order valence-electron chi connectivity index (χ1n) is 10.4. The largest absolute Gasteiger partial charge is 0.370 e. The van der Waals surface area contributed by atoms with Crippen molar-refractivity contribution in [3.63, 3.8) is 0 Å². The Morgan fingerprint density at radius 2 is 2.04 bits per heavy atom. The normalized spacial score (nSPS) is 16.1. The minimum absolute atomic E-state index is 0.169. The molecule has 0 saturated carbocycles. The lowest BCUT2D eigenvalue weighted by molar-refractivity contribution is -0.0402. The average molecular weight is 399 g/mol. The average Bonchev–Trinajstić information content (AvgIpc) is 3.03. The van der Waals surface area contributed by atoms with Gasteiger partial charge in [0.15, 0.2) is 0 Å². The maximum absolute atomic E-state index is 6.14. The highest BCUT2D eigenvalue weighted by molar-refractivity contribution is 7.26. The quantitative estimate of drug-likeness (QED) is 0.530. The minimum atomic E-state index is -0.169. The van der Waals surface area contributed by atoms with Crippen molar-refractivity contribution in [2.45, 2.75) is 78.4 Å². The topological polar surface area (TPSA) is 59.9 Å². The number of fused-ring (bicyclic) bond motifs is 5.